The second kappa shape index (κ2) is 11.0. The number of hydrogen-bond donors (Lipinski definition) is 2. The fourth-order valence-electron chi connectivity index (χ4n) is 3.96. The second-order valence-corrected chi connectivity index (χ2v) is 8.53. The molecule has 0 aliphatic carbocycles. The van der Waals surface area contributed by atoms with Crippen molar-refractivity contribution in [3.05, 3.63) is 88.7 Å². The van der Waals surface area contributed by atoms with Gasteiger partial charge in [0.1, 0.15) is 11.4 Å². The molecule has 0 aromatic heterocycles. The number of amides is 5. The highest BCUT2D eigenvalue weighted by atomic mass is 19.1. The zero-order chi connectivity index (χ0) is 27.4. The van der Waals surface area contributed by atoms with Crippen LogP contribution in [0.5, 0.6) is 11.5 Å². The Balaban J connectivity index is 1.63. The fourth-order valence-corrected chi connectivity index (χ4v) is 3.96. The Morgan fingerprint density at radius 3 is 2.37 bits per heavy atom. The maximum absolute atomic E-state index is 13.3. The number of aryl methyl sites for hydroxylation is 2. The van der Waals surface area contributed by atoms with Gasteiger partial charge in [-0.2, -0.15) is 0 Å². The number of methoxy groups -OCH3 is 1. The molecule has 4 rings (SSSR count). The molecule has 0 bridgehead atoms. The summed E-state index contributed by atoms with van der Waals surface area (Å²) in [7, 11) is 1.40. The van der Waals surface area contributed by atoms with Gasteiger partial charge in [0.2, 0.25) is 0 Å². The van der Waals surface area contributed by atoms with Crippen LogP contribution in [0.15, 0.2) is 66.2 Å². The molecule has 1 aliphatic heterocycles. The Bertz CT molecular complexity index is 1450. The molecule has 0 atom stereocenters. The van der Waals surface area contributed by atoms with Gasteiger partial charge in [0.25, 0.3) is 17.7 Å². The van der Waals surface area contributed by atoms with E-state index in [1.54, 1.807) is 30.3 Å². The van der Waals surface area contributed by atoms with E-state index in [1.165, 1.54) is 37.5 Å². The number of nitrogens with one attached hydrogen (secondary N) is 2. The number of hydrogen-bond acceptors (Lipinski definition) is 6. The van der Waals surface area contributed by atoms with Crippen molar-refractivity contribution in [1.82, 2.24) is 5.32 Å². The van der Waals surface area contributed by atoms with E-state index in [0.717, 1.165) is 16.0 Å². The summed E-state index contributed by atoms with van der Waals surface area (Å²) < 4.78 is 24.2. The van der Waals surface area contributed by atoms with Crippen molar-refractivity contribution < 1.29 is 33.0 Å². The monoisotopic (exact) mass is 517 g/mol. The molecule has 2 N–H and O–H groups in total. The van der Waals surface area contributed by atoms with Crippen molar-refractivity contribution in [2.45, 2.75) is 13.8 Å². The zero-order valence-corrected chi connectivity index (χ0v) is 20.8. The van der Waals surface area contributed by atoms with Crippen LogP contribution >= 0.6 is 0 Å². The van der Waals surface area contributed by atoms with Gasteiger partial charge in [-0.1, -0.05) is 18.2 Å². The van der Waals surface area contributed by atoms with Crippen LogP contribution < -0.4 is 25.0 Å². The van der Waals surface area contributed by atoms with Crippen LogP contribution in [0.1, 0.15) is 16.7 Å². The lowest BCUT2D eigenvalue weighted by Crippen LogP contribution is -2.54. The van der Waals surface area contributed by atoms with Crippen LogP contribution in [-0.2, 0) is 14.4 Å². The molecule has 1 saturated heterocycles. The standard InChI is InChI=1S/C28H24FN3O6/c1-16-11-17(2)13-21(12-16)32-27(35)22(26(34)31-28(32)36)14-18-5-4-6-23(37-3)25(18)38-15-24(33)30-20-9-7-19(29)8-10-20/h4-14H,15H2,1-3H3,(H,30,33)(H,31,34,36)/b22-14+. The summed E-state index contributed by atoms with van der Waals surface area (Å²) in [5.41, 5.74) is 2.34. The van der Waals surface area contributed by atoms with E-state index in [-0.39, 0.29) is 22.6 Å². The number of anilines is 2. The fraction of sp³-hybridized carbons (Fsp3) is 0.143. The molecule has 0 radical (unpaired) electrons. The highest BCUT2D eigenvalue weighted by Crippen LogP contribution is 2.34. The van der Waals surface area contributed by atoms with E-state index >= 15 is 0 Å². The Hall–Kier alpha value is -4.99. The van der Waals surface area contributed by atoms with Gasteiger partial charge in [-0.3, -0.25) is 19.7 Å². The van der Waals surface area contributed by atoms with Crippen LogP contribution in [0.3, 0.4) is 0 Å². The molecule has 1 fully saturated rings. The topological polar surface area (TPSA) is 114 Å². The Morgan fingerprint density at radius 1 is 1.03 bits per heavy atom. The van der Waals surface area contributed by atoms with Crippen molar-refractivity contribution in [2.24, 2.45) is 0 Å². The first-order valence-electron chi connectivity index (χ1n) is 11.5. The smallest absolute Gasteiger partial charge is 0.335 e. The van der Waals surface area contributed by atoms with Crippen molar-refractivity contribution in [2.75, 3.05) is 23.9 Å². The summed E-state index contributed by atoms with van der Waals surface area (Å²) in [6.45, 7) is 3.22. The number of carbonyl (C=O) groups is 4. The lowest BCUT2D eigenvalue weighted by molar-refractivity contribution is -0.122. The number of urea groups is 1. The maximum atomic E-state index is 13.3. The molecule has 3 aromatic rings. The molecule has 1 aliphatic rings. The van der Waals surface area contributed by atoms with Crippen LogP contribution in [0.4, 0.5) is 20.6 Å². The van der Waals surface area contributed by atoms with Crippen molar-refractivity contribution >= 4 is 41.2 Å². The molecular formula is C28H24FN3O6. The SMILES string of the molecule is COc1cccc(/C=C2\C(=O)NC(=O)N(c3cc(C)cc(C)c3)C2=O)c1OCC(=O)Nc1ccc(F)cc1. The summed E-state index contributed by atoms with van der Waals surface area (Å²) in [5, 5.41) is 4.77. The third kappa shape index (κ3) is 5.70. The van der Waals surface area contributed by atoms with Gasteiger partial charge in [0.15, 0.2) is 18.1 Å². The Labute approximate surface area is 217 Å². The molecule has 194 valence electrons. The number of ether oxygens (including phenoxy) is 2. The minimum Gasteiger partial charge on any atom is -0.493 e. The summed E-state index contributed by atoms with van der Waals surface area (Å²) in [5.74, 6) is -2.30. The first-order chi connectivity index (χ1) is 18.2. The van der Waals surface area contributed by atoms with E-state index in [1.807, 2.05) is 19.9 Å². The number of rotatable bonds is 7. The van der Waals surface area contributed by atoms with Crippen LogP contribution in [0.2, 0.25) is 0 Å². The van der Waals surface area contributed by atoms with Gasteiger partial charge >= 0.3 is 6.03 Å². The van der Waals surface area contributed by atoms with Gasteiger partial charge in [0.05, 0.1) is 12.8 Å². The minimum atomic E-state index is -0.872. The first-order valence-corrected chi connectivity index (χ1v) is 11.5. The minimum absolute atomic E-state index is 0.104. The predicted octanol–water partition coefficient (Wildman–Crippen LogP) is 4.14. The second-order valence-electron chi connectivity index (χ2n) is 8.53. The highest BCUT2D eigenvalue weighted by molar-refractivity contribution is 6.39. The largest absolute Gasteiger partial charge is 0.493 e. The molecule has 5 amide bonds. The van der Waals surface area contributed by atoms with E-state index < -0.39 is 36.2 Å². The van der Waals surface area contributed by atoms with Gasteiger partial charge in [-0.15, -0.1) is 0 Å². The molecule has 9 nitrogen and oxygen atoms in total. The maximum Gasteiger partial charge on any atom is 0.335 e. The molecule has 0 spiro atoms. The normalized spacial score (nSPS) is 14.4. The van der Waals surface area contributed by atoms with Gasteiger partial charge < -0.3 is 14.8 Å². The number of para-hydroxylation sites is 1. The summed E-state index contributed by atoms with van der Waals surface area (Å²) in [6, 6.07) is 14.4. The predicted molar refractivity (Wildman–Crippen MR) is 138 cm³/mol. The zero-order valence-electron chi connectivity index (χ0n) is 20.8. The Kier molecular flexibility index (Phi) is 7.52. The van der Waals surface area contributed by atoms with E-state index in [0.29, 0.717) is 11.4 Å². The van der Waals surface area contributed by atoms with Gasteiger partial charge in [0, 0.05) is 11.3 Å². The lowest BCUT2D eigenvalue weighted by atomic mass is 10.0. The van der Waals surface area contributed by atoms with Crippen LogP contribution in [0, 0.1) is 19.7 Å². The molecule has 38 heavy (non-hydrogen) atoms. The molecule has 0 unspecified atom stereocenters. The number of nitrogens with zero attached hydrogens (tertiary/aromatic N) is 1. The van der Waals surface area contributed by atoms with E-state index in [4.69, 9.17) is 9.47 Å². The number of benzene rings is 3. The van der Waals surface area contributed by atoms with E-state index in [9.17, 15) is 23.6 Å². The summed E-state index contributed by atoms with van der Waals surface area (Å²) in [6.07, 6.45) is 1.27. The third-order valence-electron chi connectivity index (χ3n) is 5.57. The Morgan fingerprint density at radius 2 is 1.71 bits per heavy atom. The molecule has 0 saturated carbocycles. The van der Waals surface area contributed by atoms with Crippen LogP contribution in [-0.4, -0.2) is 37.5 Å². The number of barbiturate groups is 1. The summed E-state index contributed by atoms with van der Waals surface area (Å²) in [4.78, 5) is 51.9. The number of carbonyl (C=O) groups excluding carboxylic acids is 4. The molecular weight excluding hydrogens is 493 g/mol. The van der Waals surface area contributed by atoms with Crippen molar-refractivity contribution in [3.8, 4) is 11.5 Å². The number of halogens is 1. The van der Waals surface area contributed by atoms with E-state index in [2.05, 4.69) is 10.6 Å². The molecule has 1 heterocycles. The van der Waals surface area contributed by atoms with Crippen molar-refractivity contribution in [1.29, 1.82) is 0 Å². The average Bonchev–Trinajstić information content (AvgIpc) is 2.86. The molecule has 10 heteroatoms. The number of imide groups is 2. The average molecular weight is 518 g/mol. The van der Waals surface area contributed by atoms with Gasteiger partial charge in [-0.25, -0.2) is 14.1 Å². The summed E-state index contributed by atoms with van der Waals surface area (Å²) >= 11 is 0. The highest BCUT2D eigenvalue weighted by Gasteiger charge is 2.37. The van der Waals surface area contributed by atoms with Gasteiger partial charge in [-0.05, 0) is 73.5 Å². The first kappa shape index (κ1) is 26.1. The lowest BCUT2D eigenvalue weighted by Gasteiger charge is -2.27. The van der Waals surface area contributed by atoms with Crippen LogP contribution in [0.25, 0.3) is 6.08 Å². The molecule has 3 aromatic carbocycles. The third-order valence-corrected chi connectivity index (χ3v) is 5.57. The van der Waals surface area contributed by atoms with Crippen molar-refractivity contribution in [3.63, 3.8) is 0 Å². The quantitative estimate of drug-likeness (QED) is 0.360.